The van der Waals surface area contributed by atoms with Crippen molar-refractivity contribution in [2.75, 3.05) is 18.8 Å². The maximum atomic E-state index is 12.2. The molecule has 1 aromatic rings. The lowest BCUT2D eigenvalue weighted by Crippen LogP contribution is -2.42. The Hall–Kier alpha value is -1.56. The molecular weight excluding hydrogens is 232 g/mol. The first kappa shape index (κ1) is 12.9. The zero-order valence-electron chi connectivity index (χ0n) is 10.6. The van der Waals surface area contributed by atoms with Crippen LogP contribution in [-0.2, 0) is 6.42 Å². The molecule has 4 N–H and O–H groups in total. The summed E-state index contributed by atoms with van der Waals surface area (Å²) in [5.74, 6) is -0.190. The number of carbonyl (C=O) groups excluding carboxylic acids is 1. The van der Waals surface area contributed by atoms with Gasteiger partial charge in [0, 0.05) is 13.1 Å². The normalized spacial score (nSPS) is 20.1. The molecule has 1 fully saturated rings. The predicted molar refractivity (Wildman–Crippen MR) is 68.1 cm³/mol. The van der Waals surface area contributed by atoms with Crippen LogP contribution in [0.25, 0.3) is 0 Å². The van der Waals surface area contributed by atoms with Crippen molar-refractivity contribution < 1.29 is 9.90 Å². The Balaban J connectivity index is 2.13. The first-order valence-electron chi connectivity index (χ1n) is 6.43. The molecule has 0 aromatic carbocycles. The minimum absolute atomic E-state index is 0.190. The van der Waals surface area contributed by atoms with E-state index in [2.05, 4.69) is 10.2 Å². The number of aromatic amines is 1. The van der Waals surface area contributed by atoms with Crippen LogP contribution >= 0.6 is 0 Å². The van der Waals surface area contributed by atoms with E-state index in [1.807, 2.05) is 6.92 Å². The lowest BCUT2D eigenvalue weighted by molar-refractivity contribution is 0.0470. The van der Waals surface area contributed by atoms with E-state index in [9.17, 15) is 9.90 Å². The zero-order chi connectivity index (χ0) is 13.1. The zero-order valence-corrected chi connectivity index (χ0v) is 10.6. The number of aliphatic hydroxyl groups excluding tert-OH is 1. The number of hydrogen-bond acceptors (Lipinski definition) is 4. The Kier molecular flexibility index (Phi) is 3.86. The molecule has 6 heteroatoms. The molecule has 1 unspecified atom stereocenters. The average Bonchev–Trinajstić information content (AvgIpc) is 2.71. The molecule has 2 heterocycles. The molecule has 1 amide bonds. The number of nitrogens with zero attached hydrogens (tertiary/aromatic N) is 2. The Morgan fingerprint density at radius 3 is 3.11 bits per heavy atom. The summed E-state index contributed by atoms with van der Waals surface area (Å²) < 4.78 is 0. The summed E-state index contributed by atoms with van der Waals surface area (Å²) in [5, 5.41) is 16.4. The van der Waals surface area contributed by atoms with E-state index in [1.165, 1.54) is 0 Å². The highest BCUT2D eigenvalue weighted by molar-refractivity contribution is 5.97. The lowest BCUT2D eigenvalue weighted by Gasteiger charge is -2.29. The average molecular weight is 252 g/mol. The molecule has 0 spiro atoms. The number of rotatable bonds is 3. The van der Waals surface area contributed by atoms with E-state index in [0.717, 1.165) is 31.4 Å². The van der Waals surface area contributed by atoms with E-state index in [1.54, 1.807) is 4.90 Å². The van der Waals surface area contributed by atoms with Gasteiger partial charge in [-0.05, 0) is 19.3 Å². The van der Waals surface area contributed by atoms with E-state index in [4.69, 9.17) is 5.73 Å². The Labute approximate surface area is 106 Å². The van der Waals surface area contributed by atoms with Gasteiger partial charge in [0.25, 0.3) is 5.91 Å². The van der Waals surface area contributed by atoms with Gasteiger partial charge in [0.05, 0.1) is 17.5 Å². The number of hydrogen-bond donors (Lipinski definition) is 3. The van der Waals surface area contributed by atoms with Crippen molar-refractivity contribution in [2.45, 2.75) is 38.7 Å². The summed E-state index contributed by atoms with van der Waals surface area (Å²) >= 11 is 0. The van der Waals surface area contributed by atoms with Gasteiger partial charge in [0.2, 0.25) is 0 Å². The first-order chi connectivity index (χ1) is 8.63. The highest BCUT2D eigenvalue weighted by Gasteiger charge is 2.26. The minimum Gasteiger partial charge on any atom is -0.395 e. The topological polar surface area (TPSA) is 95.2 Å². The minimum atomic E-state index is -0.432. The van der Waals surface area contributed by atoms with Crippen LogP contribution in [0, 0.1) is 0 Å². The number of aromatic nitrogens is 2. The number of β-amino-alcohol motifs (C(OH)–C–C–N with tert-alkyl or cyclic N) is 1. The second-order valence-electron chi connectivity index (χ2n) is 4.76. The third-order valence-corrected chi connectivity index (χ3v) is 3.27. The molecule has 6 nitrogen and oxygen atoms in total. The predicted octanol–water partition coefficient (Wildman–Crippen LogP) is 0.541. The summed E-state index contributed by atoms with van der Waals surface area (Å²) in [7, 11) is 0. The number of likely N-dealkylation sites (tertiary alicyclic amines) is 1. The van der Waals surface area contributed by atoms with E-state index >= 15 is 0 Å². The molecule has 0 saturated carbocycles. The standard InChI is InChI=1S/C12H20N4O2/c1-2-4-9-10(13)11(15-14-9)12(18)16-6-3-5-8(17)7-16/h8,17H,2-7,13H2,1H3,(H,14,15). The molecule has 1 aromatic heterocycles. The maximum Gasteiger partial charge on any atom is 0.276 e. The summed E-state index contributed by atoms with van der Waals surface area (Å²) in [6.07, 6.45) is 2.87. The van der Waals surface area contributed by atoms with Crippen molar-refractivity contribution in [3.63, 3.8) is 0 Å². The van der Waals surface area contributed by atoms with Crippen molar-refractivity contribution in [1.82, 2.24) is 15.1 Å². The van der Waals surface area contributed by atoms with Crippen molar-refractivity contribution in [3.05, 3.63) is 11.4 Å². The number of H-pyrrole nitrogens is 1. The molecule has 2 rings (SSSR count). The van der Waals surface area contributed by atoms with Crippen LogP contribution in [0.4, 0.5) is 5.69 Å². The van der Waals surface area contributed by atoms with Gasteiger partial charge in [0.15, 0.2) is 5.69 Å². The van der Waals surface area contributed by atoms with Crippen LogP contribution in [0.5, 0.6) is 0 Å². The highest BCUT2D eigenvalue weighted by atomic mass is 16.3. The first-order valence-corrected chi connectivity index (χ1v) is 6.43. The molecule has 0 radical (unpaired) electrons. The molecule has 1 atom stereocenters. The number of anilines is 1. The summed E-state index contributed by atoms with van der Waals surface area (Å²) in [6.45, 7) is 3.07. The third kappa shape index (κ3) is 2.48. The number of nitrogens with two attached hydrogens (primary N) is 1. The number of amides is 1. The number of nitrogen functional groups attached to an aromatic ring is 1. The highest BCUT2D eigenvalue weighted by Crippen LogP contribution is 2.19. The largest absolute Gasteiger partial charge is 0.395 e. The number of aliphatic hydroxyl groups is 1. The fourth-order valence-electron chi connectivity index (χ4n) is 2.28. The fourth-order valence-corrected chi connectivity index (χ4v) is 2.28. The van der Waals surface area contributed by atoms with Gasteiger partial charge in [0.1, 0.15) is 0 Å². The molecule has 0 aliphatic carbocycles. The van der Waals surface area contributed by atoms with Gasteiger partial charge in [-0.2, -0.15) is 5.10 Å². The lowest BCUT2D eigenvalue weighted by atomic mass is 10.1. The van der Waals surface area contributed by atoms with Crippen LogP contribution in [0.2, 0.25) is 0 Å². The van der Waals surface area contributed by atoms with Gasteiger partial charge < -0.3 is 15.7 Å². The van der Waals surface area contributed by atoms with Gasteiger partial charge in [-0.15, -0.1) is 0 Å². The summed E-state index contributed by atoms with van der Waals surface area (Å²) in [6, 6.07) is 0. The number of carbonyl (C=O) groups is 1. The fraction of sp³-hybridized carbons (Fsp3) is 0.667. The molecule has 18 heavy (non-hydrogen) atoms. The van der Waals surface area contributed by atoms with Gasteiger partial charge >= 0.3 is 0 Å². The molecular formula is C12H20N4O2. The SMILES string of the molecule is CCCc1[nH]nc(C(=O)N2CCCC(O)C2)c1N. The Bertz CT molecular complexity index is 430. The van der Waals surface area contributed by atoms with Gasteiger partial charge in [-0.3, -0.25) is 9.89 Å². The summed E-state index contributed by atoms with van der Waals surface area (Å²) in [5.41, 5.74) is 7.48. The molecule has 0 bridgehead atoms. The smallest absolute Gasteiger partial charge is 0.276 e. The molecule has 1 saturated heterocycles. The van der Waals surface area contributed by atoms with Gasteiger partial charge in [-0.1, -0.05) is 13.3 Å². The maximum absolute atomic E-state index is 12.2. The van der Waals surface area contributed by atoms with Crippen molar-refractivity contribution in [3.8, 4) is 0 Å². The van der Waals surface area contributed by atoms with Crippen molar-refractivity contribution in [1.29, 1.82) is 0 Å². The quantitative estimate of drug-likeness (QED) is 0.731. The van der Waals surface area contributed by atoms with Crippen LogP contribution in [-0.4, -0.2) is 45.3 Å². The second kappa shape index (κ2) is 5.39. The Morgan fingerprint density at radius 1 is 1.67 bits per heavy atom. The molecule has 100 valence electrons. The Morgan fingerprint density at radius 2 is 2.44 bits per heavy atom. The van der Waals surface area contributed by atoms with Crippen LogP contribution < -0.4 is 5.73 Å². The molecule has 1 aliphatic rings. The summed E-state index contributed by atoms with van der Waals surface area (Å²) in [4.78, 5) is 13.9. The van der Waals surface area contributed by atoms with Crippen LogP contribution in [0.15, 0.2) is 0 Å². The van der Waals surface area contributed by atoms with Crippen molar-refractivity contribution >= 4 is 11.6 Å². The van der Waals surface area contributed by atoms with Gasteiger partial charge in [-0.25, -0.2) is 0 Å². The number of nitrogens with one attached hydrogen (secondary N) is 1. The third-order valence-electron chi connectivity index (χ3n) is 3.27. The van der Waals surface area contributed by atoms with Crippen LogP contribution in [0.3, 0.4) is 0 Å². The van der Waals surface area contributed by atoms with E-state index in [-0.39, 0.29) is 11.6 Å². The van der Waals surface area contributed by atoms with Crippen LogP contribution in [0.1, 0.15) is 42.4 Å². The second-order valence-corrected chi connectivity index (χ2v) is 4.76. The number of aryl methyl sites for hydroxylation is 1. The monoisotopic (exact) mass is 252 g/mol. The van der Waals surface area contributed by atoms with Crippen molar-refractivity contribution in [2.24, 2.45) is 0 Å². The van der Waals surface area contributed by atoms with E-state index < -0.39 is 6.10 Å². The number of piperidine rings is 1. The molecule has 1 aliphatic heterocycles. The van der Waals surface area contributed by atoms with E-state index in [0.29, 0.717) is 18.8 Å².